The lowest BCUT2D eigenvalue weighted by Gasteiger charge is -2.17. The van der Waals surface area contributed by atoms with Gasteiger partial charge in [0.2, 0.25) is 6.17 Å². The average molecular weight is 488 g/mol. The Morgan fingerprint density at radius 1 is 0.429 bits per heavy atom. The quantitative estimate of drug-likeness (QED) is 0.0774. The van der Waals surface area contributed by atoms with Crippen molar-refractivity contribution in [1.29, 1.82) is 0 Å². The molecule has 0 amide bonds. The number of hydrogen-bond acceptors (Lipinski definition) is 2. The van der Waals surface area contributed by atoms with Crippen molar-refractivity contribution in [2.45, 2.75) is 187 Å². The lowest BCUT2D eigenvalue weighted by molar-refractivity contribution is 0.367. The molecule has 2 nitrogen and oxygen atoms in total. The maximum Gasteiger partial charge on any atom is 0.240 e. The Balaban J connectivity index is 2.06. The third kappa shape index (κ3) is 22.2. The van der Waals surface area contributed by atoms with Gasteiger partial charge < -0.3 is 0 Å². The van der Waals surface area contributed by atoms with E-state index in [4.69, 9.17) is 0 Å². The van der Waals surface area contributed by atoms with Gasteiger partial charge in [-0.15, -0.1) is 0 Å². The fourth-order valence-electron chi connectivity index (χ4n) is 5.57. The highest BCUT2D eigenvalue weighted by Crippen LogP contribution is 2.26. The van der Waals surface area contributed by atoms with E-state index in [-0.39, 0.29) is 0 Å². The SMILES string of the molecule is CCCCCCCCCCCCCCC(CCCCCCCCCCC)CCCC[C+]1N=CC=N1. The maximum atomic E-state index is 4.34. The van der Waals surface area contributed by atoms with Crippen LogP contribution in [0.2, 0.25) is 0 Å². The largest absolute Gasteiger partial charge is 0.240 e. The van der Waals surface area contributed by atoms with E-state index in [2.05, 4.69) is 23.8 Å². The molecule has 0 aliphatic carbocycles. The Hall–Kier alpha value is -0.790. The zero-order chi connectivity index (χ0) is 25.1. The first-order chi connectivity index (χ1) is 17.4. The molecule has 0 bridgehead atoms. The van der Waals surface area contributed by atoms with Crippen LogP contribution in [0.1, 0.15) is 187 Å². The summed E-state index contributed by atoms with van der Waals surface area (Å²) >= 11 is 0. The fraction of sp³-hybridized carbons (Fsp3) is 0.909. The van der Waals surface area contributed by atoms with Gasteiger partial charge in [-0.05, 0) is 12.3 Å². The van der Waals surface area contributed by atoms with E-state index < -0.39 is 0 Å². The van der Waals surface area contributed by atoms with E-state index in [1.165, 1.54) is 167 Å². The second-order valence-corrected chi connectivity index (χ2v) is 11.4. The molecule has 0 spiro atoms. The molecule has 0 aromatic heterocycles. The van der Waals surface area contributed by atoms with Gasteiger partial charge in [-0.25, -0.2) is 0 Å². The van der Waals surface area contributed by atoms with Crippen LogP contribution >= 0.6 is 0 Å². The molecular formula is C33H63N2+. The minimum absolute atomic E-state index is 0.961. The number of unbranched alkanes of at least 4 members (excludes halogenated alkanes) is 20. The Morgan fingerprint density at radius 3 is 1.11 bits per heavy atom. The molecule has 204 valence electrons. The highest BCUT2D eigenvalue weighted by molar-refractivity contribution is 6.18. The highest BCUT2D eigenvalue weighted by Gasteiger charge is 2.15. The number of nitrogens with zero attached hydrogens (tertiary/aromatic N) is 2. The van der Waals surface area contributed by atoms with Crippen LogP contribution in [0.4, 0.5) is 0 Å². The summed E-state index contributed by atoms with van der Waals surface area (Å²) in [6, 6.07) is 0. The van der Waals surface area contributed by atoms with E-state index in [0.29, 0.717) is 0 Å². The van der Waals surface area contributed by atoms with Crippen molar-refractivity contribution >= 4 is 12.4 Å². The summed E-state index contributed by atoms with van der Waals surface area (Å²) in [6.07, 6.45) is 43.3. The molecule has 0 saturated heterocycles. The first-order valence-corrected chi connectivity index (χ1v) is 16.3. The highest BCUT2D eigenvalue weighted by atomic mass is 15.0. The topological polar surface area (TPSA) is 24.7 Å². The summed E-state index contributed by atoms with van der Waals surface area (Å²) in [7, 11) is 0. The van der Waals surface area contributed by atoms with Crippen LogP contribution in [0.3, 0.4) is 0 Å². The Bertz CT molecular complexity index is 458. The average Bonchev–Trinajstić information content (AvgIpc) is 3.39. The van der Waals surface area contributed by atoms with Crippen molar-refractivity contribution < 1.29 is 0 Å². The van der Waals surface area contributed by atoms with Crippen LogP contribution in [0.5, 0.6) is 0 Å². The van der Waals surface area contributed by atoms with Crippen molar-refractivity contribution in [3.8, 4) is 0 Å². The molecule has 0 aromatic rings. The molecule has 1 atom stereocenters. The van der Waals surface area contributed by atoms with Crippen LogP contribution < -0.4 is 0 Å². The van der Waals surface area contributed by atoms with Gasteiger partial charge in [0.25, 0.3) is 0 Å². The van der Waals surface area contributed by atoms with Crippen molar-refractivity contribution in [2.75, 3.05) is 0 Å². The molecule has 2 heteroatoms. The molecule has 1 rings (SSSR count). The van der Waals surface area contributed by atoms with Gasteiger partial charge in [0, 0.05) is 0 Å². The smallest absolute Gasteiger partial charge is 0.0968 e. The summed E-state index contributed by atoms with van der Waals surface area (Å²) in [6.45, 7) is 4.62. The monoisotopic (exact) mass is 487 g/mol. The molecule has 0 aromatic carbocycles. The van der Waals surface area contributed by atoms with Gasteiger partial charge in [0.15, 0.2) is 12.4 Å². The van der Waals surface area contributed by atoms with Crippen molar-refractivity contribution in [2.24, 2.45) is 15.9 Å². The molecule has 1 aliphatic rings. The third-order valence-electron chi connectivity index (χ3n) is 7.96. The third-order valence-corrected chi connectivity index (χ3v) is 7.96. The standard InChI is InChI=1S/C33H63N2/c1-3-5-7-9-11-13-14-15-17-19-21-23-27-32(28-24-25-29-33-34-30-31-35-33)26-22-20-18-16-12-10-8-6-4-2/h30-32H,3-29H2,1-2H3/q+1. The zero-order valence-electron chi connectivity index (χ0n) is 24.2. The summed E-state index contributed by atoms with van der Waals surface area (Å²) in [5.74, 6) is 0.961. The van der Waals surface area contributed by atoms with Gasteiger partial charge in [-0.2, -0.15) is 0 Å². The lowest BCUT2D eigenvalue weighted by Crippen LogP contribution is -2.02. The molecule has 1 unspecified atom stereocenters. The zero-order valence-corrected chi connectivity index (χ0v) is 24.2. The van der Waals surface area contributed by atoms with Crippen LogP contribution in [0.15, 0.2) is 9.98 Å². The Labute approximate surface area is 221 Å². The molecular weight excluding hydrogens is 424 g/mol. The van der Waals surface area contributed by atoms with Gasteiger partial charge in [0.05, 0.1) is 6.42 Å². The van der Waals surface area contributed by atoms with Crippen molar-refractivity contribution in [3.05, 3.63) is 6.17 Å². The molecule has 0 fully saturated rings. The van der Waals surface area contributed by atoms with Gasteiger partial charge >= 0.3 is 0 Å². The number of hydrogen-bond donors (Lipinski definition) is 0. The van der Waals surface area contributed by atoms with Gasteiger partial charge in [-0.1, -0.05) is 184 Å². The molecule has 1 heterocycles. The second kappa shape index (κ2) is 26.3. The maximum absolute atomic E-state index is 4.34. The van der Waals surface area contributed by atoms with Crippen molar-refractivity contribution in [1.82, 2.24) is 0 Å². The number of rotatable bonds is 28. The molecule has 1 aliphatic heterocycles. The second-order valence-electron chi connectivity index (χ2n) is 11.4. The van der Waals surface area contributed by atoms with E-state index in [1.807, 2.05) is 12.4 Å². The molecule has 35 heavy (non-hydrogen) atoms. The number of aliphatic imine (C=N–C) groups is 2. The van der Waals surface area contributed by atoms with Crippen LogP contribution in [0.25, 0.3) is 0 Å². The van der Waals surface area contributed by atoms with Gasteiger partial charge in [0.1, 0.15) is 0 Å². The molecule has 0 radical (unpaired) electrons. The minimum atomic E-state index is 0.961. The van der Waals surface area contributed by atoms with E-state index in [0.717, 1.165) is 18.5 Å². The molecule has 0 saturated carbocycles. The van der Waals surface area contributed by atoms with Crippen LogP contribution in [0, 0.1) is 12.1 Å². The Kier molecular flexibility index (Phi) is 24.2. The van der Waals surface area contributed by atoms with Crippen LogP contribution in [-0.2, 0) is 0 Å². The molecule has 0 N–H and O–H groups in total. The normalized spacial score (nSPS) is 13.8. The van der Waals surface area contributed by atoms with E-state index in [1.54, 1.807) is 0 Å². The fourth-order valence-corrected chi connectivity index (χ4v) is 5.57. The van der Waals surface area contributed by atoms with Gasteiger partial charge in [-0.3, -0.25) is 0 Å². The summed E-state index contributed by atoms with van der Waals surface area (Å²) < 4.78 is 0. The summed E-state index contributed by atoms with van der Waals surface area (Å²) in [5.41, 5.74) is 0. The first-order valence-electron chi connectivity index (χ1n) is 16.3. The first kappa shape index (κ1) is 32.2. The summed E-state index contributed by atoms with van der Waals surface area (Å²) in [5, 5.41) is 0. The lowest BCUT2D eigenvalue weighted by atomic mass is 9.89. The Morgan fingerprint density at radius 2 is 0.743 bits per heavy atom. The predicted molar refractivity (Wildman–Crippen MR) is 160 cm³/mol. The van der Waals surface area contributed by atoms with E-state index in [9.17, 15) is 0 Å². The van der Waals surface area contributed by atoms with Crippen molar-refractivity contribution in [3.63, 3.8) is 0 Å². The van der Waals surface area contributed by atoms with E-state index >= 15 is 0 Å². The minimum Gasteiger partial charge on any atom is -0.0968 e. The van der Waals surface area contributed by atoms with Crippen LogP contribution in [-0.4, -0.2) is 12.4 Å². The summed E-state index contributed by atoms with van der Waals surface area (Å²) in [4.78, 5) is 8.67. The predicted octanol–water partition coefficient (Wildman–Crippen LogP) is 11.8.